The Morgan fingerprint density at radius 2 is 1.48 bits per heavy atom. The quantitative estimate of drug-likeness (QED) is 0.167. The predicted octanol–water partition coefficient (Wildman–Crippen LogP) is 2.34. The summed E-state index contributed by atoms with van der Waals surface area (Å²) in [5.41, 5.74) is 11.4. The number of hydrogen-bond acceptors (Lipinski definition) is 12. The largest absolute Gasteiger partial charge is 0.468 e. The fraction of sp³-hybridized carbons (Fsp3) is 0.370. The number of carbonyl (C=O) groups is 5. The minimum absolute atomic E-state index is 0.0234. The first kappa shape index (κ1) is 30.1. The van der Waals surface area contributed by atoms with E-state index in [9.17, 15) is 24.0 Å². The molecule has 0 saturated heterocycles. The molecule has 13 nitrogen and oxygen atoms in total. The number of furan rings is 1. The third-order valence-corrected chi connectivity index (χ3v) is 5.99. The summed E-state index contributed by atoms with van der Waals surface area (Å²) in [6, 6.07) is 6.28. The molecule has 0 fully saturated rings. The molecule has 0 aliphatic heterocycles. The van der Waals surface area contributed by atoms with Crippen LogP contribution in [0.1, 0.15) is 43.2 Å². The molecule has 1 heterocycles. The lowest BCUT2D eigenvalue weighted by molar-refractivity contribution is -0.143. The lowest BCUT2D eigenvalue weighted by atomic mass is 10.0. The molecule has 0 unspecified atom stereocenters. The van der Waals surface area contributed by atoms with Gasteiger partial charge in [-0.05, 0) is 25.3 Å². The number of fused-ring (bicyclic) bond motifs is 2. The third-order valence-electron chi connectivity index (χ3n) is 5.99. The second-order valence-electron chi connectivity index (χ2n) is 8.84. The number of nitrogens with two attached hydrogens (primary N) is 2. The molecule has 0 aliphatic carbocycles. The van der Waals surface area contributed by atoms with Crippen molar-refractivity contribution in [3.8, 4) is 11.5 Å². The second-order valence-corrected chi connectivity index (χ2v) is 8.84. The number of carbonyl (C=O) groups excluding carboxylic acids is 5. The van der Waals surface area contributed by atoms with E-state index in [1.807, 2.05) is 0 Å². The number of esters is 3. The van der Waals surface area contributed by atoms with Crippen LogP contribution in [-0.2, 0) is 23.9 Å². The Kier molecular flexibility index (Phi) is 10.2. The number of methoxy groups -OCH3 is 2. The van der Waals surface area contributed by atoms with Crippen molar-refractivity contribution in [3.63, 3.8) is 0 Å². The molecule has 13 heteroatoms. The summed E-state index contributed by atoms with van der Waals surface area (Å²) in [4.78, 5) is 60.5. The van der Waals surface area contributed by atoms with Gasteiger partial charge in [-0.1, -0.05) is 24.3 Å². The van der Waals surface area contributed by atoms with E-state index in [1.54, 1.807) is 24.3 Å². The minimum Gasteiger partial charge on any atom is -0.468 e. The highest BCUT2D eigenvalue weighted by molar-refractivity contribution is 6.12. The van der Waals surface area contributed by atoms with Crippen LogP contribution in [0.3, 0.4) is 0 Å². The number of ketones is 1. The second kappa shape index (κ2) is 13.5. The molecule has 40 heavy (non-hydrogen) atoms. The van der Waals surface area contributed by atoms with Crippen molar-refractivity contribution in [2.75, 3.05) is 20.8 Å². The summed E-state index contributed by atoms with van der Waals surface area (Å²) in [5.74, 6) is -2.16. The molecule has 0 saturated carbocycles. The number of benzene rings is 2. The monoisotopic (exact) mass is 557 g/mol. The third kappa shape index (κ3) is 7.12. The van der Waals surface area contributed by atoms with Gasteiger partial charge < -0.3 is 40.1 Å². The Morgan fingerprint density at radius 1 is 0.875 bits per heavy atom. The van der Waals surface area contributed by atoms with E-state index in [0.717, 1.165) is 0 Å². The van der Waals surface area contributed by atoms with Crippen LogP contribution in [0.5, 0.6) is 11.5 Å². The van der Waals surface area contributed by atoms with E-state index in [-0.39, 0.29) is 60.5 Å². The normalized spacial score (nSPS) is 12.4. The number of ether oxygens (including phenoxy) is 4. The van der Waals surface area contributed by atoms with Crippen molar-refractivity contribution in [2.45, 2.75) is 44.7 Å². The number of nitrogens with one attached hydrogen (secondary N) is 1. The van der Waals surface area contributed by atoms with Crippen molar-refractivity contribution in [1.29, 1.82) is 0 Å². The summed E-state index contributed by atoms with van der Waals surface area (Å²) < 4.78 is 26.2. The van der Waals surface area contributed by atoms with E-state index >= 15 is 0 Å². The summed E-state index contributed by atoms with van der Waals surface area (Å²) in [6.07, 6.45) is -0.332. The first-order chi connectivity index (χ1) is 19.1. The molecule has 1 aromatic heterocycles. The molecular formula is C27H31N3O10. The predicted molar refractivity (Wildman–Crippen MR) is 142 cm³/mol. The minimum atomic E-state index is -0.921. The highest BCUT2D eigenvalue weighted by Gasteiger charge is 2.25. The van der Waals surface area contributed by atoms with Crippen molar-refractivity contribution in [3.05, 3.63) is 36.1 Å². The van der Waals surface area contributed by atoms with Gasteiger partial charge in [-0.25, -0.2) is 4.79 Å². The van der Waals surface area contributed by atoms with E-state index in [4.69, 9.17) is 25.4 Å². The lowest BCUT2D eigenvalue weighted by Gasteiger charge is -2.14. The number of amides is 1. The summed E-state index contributed by atoms with van der Waals surface area (Å²) in [5, 5.41) is 3.53. The zero-order valence-electron chi connectivity index (χ0n) is 22.3. The van der Waals surface area contributed by atoms with Crippen molar-refractivity contribution in [1.82, 2.24) is 5.32 Å². The molecule has 0 spiro atoms. The average molecular weight is 558 g/mol. The van der Waals surface area contributed by atoms with Gasteiger partial charge in [-0.2, -0.15) is 0 Å². The molecule has 3 aromatic rings. The van der Waals surface area contributed by atoms with E-state index in [1.165, 1.54) is 27.2 Å². The summed E-state index contributed by atoms with van der Waals surface area (Å²) in [6.45, 7) is 1.32. The maximum atomic E-state index is 12.7. The number of hydrogen-bond donors (Lipinski definition) is 3. The Hall–Kier alpha value is -4.49. The van der Waals surface area contributed by atoms with Gasteiger partial charge in [0.25, 0.3) is 0 Å². The van der Waals surface area contributed by atoms with Gasteiger partial charge in [-0.3, -0.25) is 19.2 Å². The van der Waals surface area contributed by atoms with E-state index in [0.29, 0.717) is 10.8 Å². The molecule has 2 aromatic carbocycles. The fourth-order valence-corrected chi connectivity index (χ4v) is 3.89. The fourth-order valence-electron chi connectivity index (χ4n) is 3.89. The van der Waals surface area contributed by atoms with Crippen molar-refractivity contribution in [2.24, 2.45) is 11.5 Å². The van der Waals surface area contributed by atoms with Crippen LogP contribution >= 0.6 is 0 Å². The first-order valence-corrected chi connectivity index (χ1v) is 12.4. The molecule has 0 bridgehead atoms. The molecule has 214 valence electrons. The smallest absolute Gasteiger partial charge is 0.412 e. The standard InChI is InChI=1S/C27H31N3O10/c1-14(31)20-13-17-22(40-27(35)30-12-11-19(29)26(34)37-3)15-7-4-5-8-16(15)23(24(17)38-20)39-21(32)10-6-9-18(28)25(33)36-2/h4-5,7-8,13,18-19H,6,9-12,28-29H2,1-3H3,(H,30,35)/t18-,19-/m0/s1. The van der Waals surface area contributed by atoms with Crippen LogP contribution in [0, 0.1) is 0 Å². The van der Waals surface area contributed by atoms with Gasteiger partial charge >= 0.3 is 24.0 Å². The summed E-state index contributed by atoms with van der Waals surface area (Å²) in [7, 11) is 2.44. The Labute approximate surface area is 229 Å². The van der Waals surface area contributed by atoms with Gasteiger partial charge in [0, 0.05) is 30.7 Å². The van der Waals surface area contributed by atoms with Gasteiger partial charge in [0.1, 0.15) is 12.1 Å². The SMILES string of the molecule is COC(=O)[C@@H](N)CCCC(=O)Oc1c2ccccc2c(OC(=O)NCC[C@H](N)C(=O)OC)c2cc(C(C)=O)oc12. The average Bonchev–Trinajstić information content (AvgIpc) is 3.39. The Balaban J connectivity index is 1.90. The van der Waals surface area contributed by atoms with Crippen LogP contribution in [-0.4, -0.2) is 62.6 Å². The van der Waals surface area contributed by atoms with Gasteiger partial charge in [-0.15, -0.1) is 0 Å². The van der Waals surface area contributed by atoms with E-state index in [2.05, 4.69) is 14.8 Å². The lowest BCUT2D eigenvalue weighted by Crippen LogP contribution is -2.37. The highest BCUT2D eigenvalue weighted by Crippen LogP contribution is 2.44. The van der Waals surface area contributed by atoms with Gasteiger partial charge in [0.15, 0.2) is 28.6 Å². The van der Waals surface area contributed by atoms with Crippen LogP contribution in [0.25, 0.3) is 21.7 Å². The molecule has 0 aliphatic rings. The van der Waals surface area contributed by atoms with Crippen molar-refractivity contribution >= 4 is 51.5 Å². The van der Waals surface area contributed by atoms with Crippen LogP contribution in [0.4, 0.5) is 4.79 Å². The highest BCUT2D eigenvalue weighted by atomic mass is 16.6. The maximum Gasteiger partial charge on any atom is 0.412 e. The first-order valence-electron chi connectivity index (χ1n) is 12.4. The number of Topliss-reactive ketones (excluding diaryl/α,β-unsaturated/α-hetero) is 1. The van der Waals surface area contributed by atoms with Gasteiger partial charge in [0.05, 0.1) is 19.6 Å². The van der Waals surface area contributed by atoms with Crippen molar-refractivity contribution < 1.29 is 47.3 Å². The maximum absolute atomic E-state index is 12.7. The molecule has 1 amide bonds. The zero-order valence-corrected chi connectivity index (χ0v) is 22.3. The zero-order chi connectivity index (χ0) is 29.4. The Morgan fingerprint density at radius 3 is 2.08 bits per heavy atom. The molecule has 0 radical (unpaired) electrons. The number of rotatable bonds is 12. The van der Waals surface area contributed by atoms with Gasteiger partial charge in [0.2, 0.25) is 0 Å². The Bertz CT molecular complexity index is 1330. The summed E-state index contributed by atoms with van der Waals surface area (Å²) >= 11 is 0. The topological polar surface area (TPSA) is 199 Å². The van der Waals surface area contributed by atoms with E-state index < -0.39 is 41.9 Å². The molecule has 3 rings (SSSR count). The molecule has 2 atom stereocenters. The van der Waals surface area contributed by atoms with Crippen LogP contribution < -0.4 is 26.3 Å². The molecular weight excluding hydrogens is 526 g/mol. The molecule has 5 N–H and O–H groups in total. The van der Waals surface area contributed by atoms with Crippen LogP contribution in [0.2, 0.25) is 0 Å². The van der Waals surface area contributed by atoms with Crippen LogP contribution in [0.15, 0.2) is 34.7 Å².